The Kier molecular flexibility index (Phi) is 16.3. The Bertz CT molecular complexity index is 2210. The van der Waals surface area contributed by atoms with Gasteiger partial charge in [-0.05, 0) is 137 Å². The van der Waals surface area contributed by atoms with Crippen LogP contribution in [-0.2, 0) is 27.4 Å². The highest BCUT2D eigenvalue weighted by atomic mass is 16.5. The Morgan fingerprint density at radius 1 is 0.530 bits per heavy atom. The zero-order chi connectivity index (χ0) is 45.7. The number of nitrogen functional groups attached to an aromatic ring is 2. The number of pyridine rings is 4. The molecule has 5 aliphatic heterocycles. The van der Waals surface area contributed by atoms with E-state index in [1.54, 1.807) is 24.7 Å². The van der Waals surface area contributed by atoms with Gasteiger partial charge in [-0.25, -0.2) is 9.97 Å². The van der Waals surface area contributed by atoms with Crippen LogP contribution in [0.25, 0.3) is 0 Å². The summed E-state index contributed by atoms with van der Waals surface area (Å²) in [5.74, 6) is 2.28. The van der Waals surface area contributed by atoms with Gasteiger partial charge in [0, 0.05) is 87.7 Å². The van der Waals surface area contributed by atoms with Crippen LogP contribution in [0.3, 0.4) is 0 Å². The van der Waals surface area contributed by atoms with Crippen LogP contribution in [0.4, 0.5) is 11.6 Å². The number of nitrogens with zero attached hydrogens (tertiary/aromatic N) is 10. The number of rotatable bonds is 11. The number of morpholine rings is 1. The fraction of sp³-hybridized carbons (Fsp3) is 0.520. The molecule has 350 valence electrons. The van der Waals surface area contributed by atoms with Gasteiger partial charge in [-0.2, -0.15) is 5.10 Å². The number of carbonyl (C=O) groups is 3. The van der Waals surface area contributed by atoms with Crippen molar-refractivity contribution in [2.75, 3.05) is 90.1 Å². The molecule has 16 nitrogen and oxygen atoms in total. The molecule has 5 fully saturated rings. The molecule has 4 N–H and O–H groups in total. The summed E-state index contributed by atoms with van der Waals surface area (Å²) in [6.07, 6.45) is 13.9. The van der Waals surface area contributed by atoms with Gasteiger partial charge in [0.25, 0.3) is 0 Å². The first kappa shape index (κ1) is 46.7. The molecule has 0 aromatic carbocycles. The van der Waals surface area contributed by atoms with Crippen molar-refractivity contribution >= 4 is 34.9 Å². The number of Topliss-reactive ketones (excluding diaryl/α,β-unsaturated/α-hetero) is 1. The summed E-state index contributed by atoms with van der Waals surface area (Å²) < 4.78 is 5.49. The van der Waals surface area contributed by atoms with E-state index in [4.69, 9.17) is 21.3 Å². The molecule has 0 unspecified atom stereocenters. The topological polar surface area (TPSA) is 193 Å². The lowest BCUT2D eigenvalue weighted by atomic mass is 9.88. The minimum atomic E-state index is -0.0291. The summed E-state index contributed by atoms with van der Waals surface area (Å²) >= 11 is 0. The van der Waals surface area contributed by atoms with Crippen LogP contribution in [0.15, 0.2) is 90.6 Å². The van der Waals surface area contributed by atoms with Crippen LogP contribution in [-0.4, -0.2) is 147 Å². The maximum atomic E-state index is 13.3. The fourth-order valence-electron chi connectivity index (χ4n) is 10.0. The van der Waals surface area contributed by atoms with Gasteiger partial charge in [0.1, 0.15) is 17.3 Å². The lowest BCUT2D eigenvalue weighted by Crippen LogP contribution is -2.46. The van der Waals surface area contributed by atoms with Crippen LogP contribution in [0, 0.1) is 23.7 Å². The molecule has 4 aromatic heterocycles. The van der Waals surface area contributed by atoms with Crippen molar-refractivity contribution in [2.24, 2.45) is 28.8 Å². The number of carbonyl (C=O) groups excluding carboxylic acids is 3. The smallest absolute Gasteiger partial charge is 0.225 e. The number of likely N-dealkylation sites (tertiary alicyclic amines) is 4. The zero-order valence-corrected chi connectivity index (χ0v) is 38.2. The van der Waals surface area contributed by atoms with E-state index >= 15 is 0 Å². The number of hydrogen-bond acceptors (Lipinski definition) is 14. The van der Waals surface area contributed by atoms with Crippen molar-refractivity contribution in [1.29, 1.82) is 0 Å². The van der Waals surface area contributed by atoms with Gasteiger partial charge >= 0.3 is 0 Å². The normalized spacial score (nSPS) is 20.1. The molecule has 2 amide bonds. The number of anilines is 2. The predicted octanol–water partition coefficient (Wildman–Crippen LogP) is 4.64. The highest BCUT2D eigenvalue weighted by molar-refractivity contribution is 6.00. The molecule has 4 aromatic rings. The molecule has 5 saturated heterocycles. The number of ketones is 1. The molecular weight excluding hydrogens is 833 g/mol. The second kappa shape index (κ2) is 23.1. The van der Waals surface area contributed by atoms with E-state index in [2.05, 4.69) is 39.6 Å². The SMILES string of the molecule is Nc1cc(CN2CCC(C(=O)N3CCC(C(=NN4CCOCC4)c4ccccn4)CC3)CC2)ccn1.Nc1cc(CN2CCC(C(=O)N3CCC(C(=O)c4ccccn4)CC3)CC2)ccn1. The van der Waals surface area contributed by atoms with Crippen molar-refractivity contribution in [2.45, 2.75) is 64.5 Å². The number of nitrogens with two attached hydrogens (primary N) is 2. The van der Waals surface area contributed by atoms with Crippen LogP contribution < -0.4 is 11.5 Å². The molecule has 0 radical (unpaired) electrons. The Balaban J connectivity index is 0.000000182. The molecule has 9 heterocycles. The Morgan fingerprint density at radius 2 is 0.985 bits per heavy atom. The maximum absolute atomic E-state index is 13.3. The van der Waals surface area contributed by atoms with Gasteiger partial charge < -0.3 is 26.0 Å². The summed E-state index contributed by atoms with van der Waals surface area (Å²) in [5, 5.41) is 7.13. The first-order chi connectivity index (χ1) is 32.3. The Morgan fingerprint density at radius 3 is 1.44 bits per heavy atom. The first-order valence-corrected chi connectivity index (χ1v) is 24.0. The summed E-state index contributed by atoms with van der Waals surface area (Å²) in [6, 6.07) is 19.3. The third-order valence-corrected chi connectivity index (χ3v) is 13.8. The minimum Gasteiger partial charge on any atom is -0.384 e. The van der Waals surface area contributed by atoms with E-state index in [9.17, 15) is 14.4 Å². The Labute approximate surface area is 388 Å². The van der Waals surface area contributed by atoms with Crippen molar-refractivity contribution in [3.63, 3.8) is 0 Å². The molecule has 0 atom stereocenters. The van der Waals surface area contributed by atoms with Crippen molar-refractivity contribution < 1.29 is 19.1 Å². The van der Waals surface area contributed by atoms with Gasteiger partial charge in [-0.3, -0.25) is 39.2 Å². The summed E-state index contributed by atoms with van der Waals surface area (Å²) in [6.45, 7) is 11.3. The van der Waals surface area contributed by atoms with Gasteiger partial charge in [0.15, 0.2) is 5.78 Å². The van der Waals surface area contributed by atoms with E-state index in [0.29, 0.717) is 55.5 Å². The van der Waals surface area contributed by atoms with Crippen molar-refractivity contribution in [1.82, 2.24) is 44.5 Å². The van der Waals surface area contributed by atoms with E-state index in [0.717, 1.165) is 134 Å². The van der Waals surface area contributed by atoms with Crippen LogP contribution in [0.1, 0.15) is 78.7 Å². The number of amides is 2. The molecule has 66 heavy (non-hydrogen) atoms. The summed E-state index contributed by atoms with van der Waals surface area (Å²) in [5.41, 5.74) is 16.4. The van der Waals surface area contributed by atoms with Crippen LogP contribution >= 0.6 is 0 Å². The van der Waals surface area contributed by atoms with Gasteiger partial charge in [0.05, 0.1) is 37.7 Å². The number of hydrogen-bond donors (Lipinski definition) is 2. The molecule has 0 spiro atoms. The third kappa shape index (κ3) is 12.7. The first-order valence-electron chi connectivity index (χ1n) is 24.0. The maximum Gasteiger partial charge on any atom is 0.225 e. The average molecular weight is 899 g/mol. The third-order valence-electron chi connectivity index (χ3n) is 13.8. The second-order valence-corrected chi connectivity index (χ2v) is 18.3. The molecule has 9 rings (SSSR count). The standard InChI is InChI=1S/C27H37N7O2.C23H29N5O2/c28-25-19-21(4-10-30-25)20-32-11-5-23(6-12-32)27(35)33-13-7-22(8-14-33)26(24-3-1-2-9-29-24)31-34-15-17-36-18-16-34;24-21-15-17(4-10-26-21)16-27-11-5-19(6-12-27)23(30)28-13-7-18(8-14-28)22(29)20-3-1-2-9-25-20/h1-4,9-10,19,22-23H,5-8,11-18,20H2,(H2,28,30);1-4,9-10,15,18-19H,5-8,11-14,16H2,(H2,24,26). The largest absolute Gasteiger partial charge is 0.384 e. The molecular formula is C50H66N12O4. The predicted molar refractivity (Wildman–Crippen MR) is 254 cm³/mol. The van der Waals surface area contributed by atoms with Gasteiger partial charge in [-0.1, -0.05) is 12.1 Å². The molecule has 0 aliphatic carbocycles. The number of ether oxygens (including phenoxy) is 1. The summed E-state index contributed by atoms with van der Waals surface area (Å²) in [4.78, 5) is 64.7. The number of hydrazone groups is 1. The van der Waals surface area contributed by atoms with Crippen LogP contribution in [0.5, 0.6) is 0 Å². The lowest BCUT2D eigenvalue weighted by Gasteiger charge is -2.38. The summed E-state index contributed by atoms with van der Waals surface area (Å²) in [7, 11) is 0. The minimum absolute atomic E-state index is 0.0291. The molecule has 0 bridgehead atoms. The zero-order valence-electron chi connectivity index (χ0n) is 38.2. The number of aromatic nitrogens is 4. The average Bonchev–Trinajstić information content (AvgIpc) is 3.37. The van der Waals surface area contributed by atoms with E-state index in [1.165, 1.54) is 5.56 Å². The Hall–Kier alpha value is -5.84. The van der Waals surface area contributed by atoms with Gasteiger partial charge in [0.2, 0.25) is 11.8 Å². The highest BCUT2D eigenvalue weighted by Gasteiger charge is 2.35. The van der Waals surface area contributed by atoms with E-state index < -0.39 is 0 Å². The van der Waals surface area contributed by atoms with E-state index in [1.807, 2.05) is 65.7 Å². The molecule has 0 saturated carbocycles. The fourth-order valence-corrected chi connectivity index (χ4v) is 10.0. The van der Waals surface area contributed by atoms with Gasteiger partial charge in [-0.15, -0.1) is 0 Å². The highest BCUT2D eigenvalue weighted by Crippen LogP contribution is 2.29. The number of piperidine rings is 4. The molecule has 5 aliphatic rings. The lowest BCUT2D eigenvalue weighted by molar-refractivity contribution is -0.139. The van der Waals surface area contributed by atoms with Crippen molar-refractivity contribution in [3.8, 4) is 0 Å². The molecule has 16 heteroatoms. The van der Waals surface area contributed by atoms with E-state index in [-0.39, 0.29) is 29.4 Å². The van der Waals surface area contributed by atoms with Crippen molar-refractivity contribution in [3.05, 3.63) is 108 Å². The second-order valence-electron chi connectivity index (χ2n) is 18.3. The quantitative estimate of drug-likeness (QED) is 0.157. The monoisotopic (exact) mass is 899 g/mol. The van der Waals surface area contributed by atoms with Crippen LogP contribution in [0.2, 0.25) is 0 Å².